The molecule has 0 saturated carbocycles. The van der Waals surface area contributed by atoms with Gasteiger partial charge >= 0.3 is 0 Å². The number of hydrogen-bond acceptors (Lipinski definition) is 2. The molecule has 0 fully saturated rings. The first-order valence-electron chi connectivity index (χ1n) is 6.79. The van der Waals surface area contributed by atoms with E-state index in [9.17, 15) is 5.11 Å². The molecule has 98 valence electrons. The quantitative estimate of drug-likeness (QED) is 0.880. The van der Waals surface area contributed by atoms with E-state index in [4.69, 9.17) is 0 Å². The van der Waals surface area contributed by atoms with E-state index >= 15 is 0 Å². The van der Waals surface area contributed by atoms with Crippen molar-refractivity contribution in [2.75, 3.05) is 14.1 Å². The third-order valence-corrected chi connectivity index (χ3v) is 3.77. The second kappa shape index (κ2) is 5.94. The average Bonchev–Trinajstić information content (AvgIpc) is 2.55. The van der Waals surface area contributed by atoms with Crippen molar-refractivity contribution in [3.8, 4) is 5.75 Å². The number of hydrogen-bond donors (Lipinski definition) is 1. The van der Waals surface area contributed by atoms with E-state index in [2.05, 4.69) is 31.1 Å². The van der Waals surface area contributed by atoms with Gasteiger partial charge in [0.05, 0.1) is 0 Å². The summed E-state index contributed by atoms with van der Waals surface area (Å²) in [5, 5.41) is 9.50. The zero-order valence-electron chi connectivity index (χ0n) is 11.4. The molecule has 0 unspecified atom stereocenters. The van der Waals surface area contributed by atoms with Crippen LogP contribution in [0.1, 0.15) is 31.2 Å². The molecule has 2 rings (SSSR count). The maximum absolute atomic E-state index is 9.50. The standard InChI is InChI=1S/C16H23NO/c1-17(2)15-7-3-5-13(9-10-15)11-14-6-4-8-16(18)12-14/h4,6-8,12-13,18H,3,5,9-11H2,1-2H3/t13-/m0/s1. The Bertz CT molecular complexity index is 423. The Morgan fingerprint density at radius 2 is 2.11 bits per heavy atom. The summed E-state index contributed by atoms with van der Waals surface area (Å²) in [7, 11) is 4.25. The van der Waals surface area contributed by atoms with Crippen molar-refractivity contribution in [3.05, 3.63) is 41.6 Å². The van der Waals surface area contributed by atoms with Gasteiger partial charge in [0.25, 0.3) is 0 Å². The monoisotopic (exact) mass is 245 g/mol. The van der Waals surface area contributed by atoms with Crippen LogP contribution in [0.2, 0.25) is 0 Å². The van der Waals surface area contributed by atoms with Crippen molar-refractivity contribution >= 4 is 0 Å². The predicted octanol–water partition coefficient (Wildman–Crippen LogP) is 3.57. The van der Waals surface area contributed by atoms with E-state index in [0.29, 0.717) is 5.75 Å². The zero-order chi connectivity index (χ0) is 13.0. The summed E-state index contributed by atoms with van der Waals surface area (Å²) >= 11 is 0. The normalized spacial score (nSPS) is 20.1. The molecule has 18 heavy (non-hydrogen) atoms. The minimum atomic E-state index is 0.383. The van der Waals surface area contributed by atoms with Crippen LogP contribution in [0.15, 0.2) is 36.0 Å². The van der Waals surface area contributed by atoms with Crippen LogP contribution in [0.25, 0.3) is 0 Å². The predicted molar refractivity (Wildman–Crippen MR) is 75.5 cm³/mol. The van der Waals surface area contributed by atoms with Gasteiger partial charge in [-0.3, -0.25) is 0 Å². The van der Waals surface area contributed by atoms with Crippen LogP contribution < -0.4 is 0 Å². The molecule has 1 atom stereocenters. The molecule has 0 spiro atoms. The first-order chi connectivity index (χ1) is 8.65. The molecule has 1 aromatic carbocycles. The highest BCUT2D eigenvalue weighted by atomic mass is 16.3. The summed E-state index contributed by atoms with van der Waals surface area (Å²) in [5.41, 5.74) is 2.72. The molecule has 2 heteroatoms. The molecule has 1 N–H and O–H groups in total. The van der Waals surface area contributed by atoms with E-state index in [1.54, 1.807) is 6.07 Å². The molecule has 0 bridgehead atoms. The van der Waals surface area contributed by atoms with Crippen LogP contribution in [-0.4, -0.2) is 24.1 Å². The molecular weight excluding hydrogens is 222 g/mol. The fraction of sp³-hybridized carbons (Fsp3) is 0.500. The third kappa shape index (κ3) is 3.52. The first kappa shape index (κ1) is 13.0. The van der Waals surface area contributed by atoms with Crippen LogP contribution in [0, 0.1) is 5.92 Å². The van der Waals surface area contributed by atoms with Crippen LogP contribution in [0.4, 0.5) is 0 Å². The lowest BCUT2D eigenvalue weighted by molar-refractivity contribution is 0.429. The fourth-order valence-electron chi connectivity index (χ4n) is 2.71. The Balaban J connectivity index is 1.93. The molecule has 0 aromatic heterocycles. The van der Waals surface area contributed by atoms with E-state index in [0.717, 1.165) is 12.3 Å². The van der Waals surface area contributed by atoms with Crippen LogP contribution in [-0.2, 0) is 6.42 Å². The Morgan fingerprint density at radius 3 is 2.83 bits per heavy atom. The summed E-state index contributed by atoms with van der Waals surface area (Å²) in [4.78, 5) is 2.23. The average molecular weight is 245 g/mol. The number of allylic oxidation sites excluding steroid dienone is 2. The van der Waals surface area contributed by atoms with Crippen molar-refractivity contribution < 1.29 is 5.11 Å². The Hall–Kier alpha value is -1.44. The molecule has 2 nitrogen and oxygen atoms in total. The van der Waals surface area contributed by atoms with E-state index in [1.165, 1.54) is 36.9 Å². The van der Waals surface area contributed by atoms with Crippen molar-refractivity contribution in [1.29, 1.82) is 0 Å². The Labute approximate surface area is 110 Å². The van der Waals surface area contributed by atoms with Gasteiger partial charge in [-0.25, -0.2) is 0 Å². The van der Waals surface area contributed by atoms with Gasteiger partial charge < -0.3 is 10.0 Å². The molecule has 0 heterocycles. The number of rotatable bonds is 3. The Kier molecular flexibility index (Phi) is 4.29. The van der Waals surface area contributed by atoms with Gasteiger partial charge in [0, 0.05) is 19.8 Å². The smallest absolute Gasteiger partial charge is 0.115 e. The SMILES string of the molecule is CN(C)C1=CCC[C@H](Cc2cccc(O)c2)CC1. The second-order valence-corrected chi connectivity index (χ2v) is 5.45. The highest BCUT2D eigenvalue weighted by molar-refractivity contribution is 5.27. The number of phenolic OH excluding ortho intramolecular Hbond substituents is 1. The second-order valence-electron chi connectivity index (χ2n) is 5.45. The van der Waals surface area contributed by atoms with E-state index in [1.807, 2.05) is 12.1 Å². The first-order valence-corrected chi connectivity index (χ1v) is 6.79. The van der Waals surface area contributed by atoms with E-state index in [-0.39, 0.29) is 0 Å². The highest BCUT2D eigenvalue weighted by Gasteiger charge is 2.14. The maximum Gasteiger partial charge on any atom is 0.115 e. The summed E-state index contributed by atoms with van der Waals surface area (Å²) in [6, 6.07) is 7.68. The summed E-state index contributed by atoms with van der Waals surface area (Å²) in [5.74, 6) is 1.12. The largest absolute Gasteiger partial charge is 0.508 e. The van der Waals surface area contributed by atoms with Gasteiger partial charge in [0.15, 0.2) is 0 Å². The molecule has 0 radical (unpaired) electrons. The number of aromatic hydroxyl groups is 1. The highest BCUT2D eigenvalue weighted by Crippen LogP contribution is 2.27. The molecular formula is C16H23NO. The maximum atomic E-state index is 9.50. The zero-order valence-corrected chi connectivity index (χ0v) is 11.4. The van der Waals surface area contributed by atoms with Crippen molar-refractivity contribution in [2.24, 2.45) is 5.92 Å². The van der Waals surface area contributed by atoms with E-state index < -0.39 is 0 Å². The van der Waals surface area contributed by atoms with Crippen LogP contribution in [0.3, 0.4) is 0 Å². The molecule has 1 aliphatic carbocycles. The van der Waals surface area contributed by atoms with Crippen molar-refractivity contribution in [1.82, 2.24) is 4.90 Å². The number of phenols is 1. The minimum absolute atomic E-state index is 0.383. The topological polar surface area (TPSA) is 23.5 Å². The third-order valence-electron chi connectivity index (χ3n) is 3.77. The molecule has 0 saturated heterocycles. The molecule has 0 amide bonds. The lowest BCUT2D eigenvalue weighted by Gasteiger charge is -2.18. The van der Waals surface area contributed by atoms with Gasteiger partial charge in [-0.05, 0) is 55.7 Å². The lowest BCUT2D eigenvalue weighted by atomic mass is 9.92. The lowest BCUT2D eigenvalue weighted by Crippen LogP contribution is -2.11. The molecule has 1 aliphatic rings. The fourth-order valence-corrected chi connectivity index (χ4v) is 2.71. The van der Waals surface area contributed by atoms with Gasteiger partial charge in [-0.1, -0.05) is 18.2 Å². The summed E-state index contributed by atoms with van der Waals surface area (Å²) < 4.78 is 0. The van der Waals surface area contributed by atoms with Gasteiger partial charge in [0.1, 0.15) is 5.75 Å². The van der Waals surface area contributed by atoms with Crippen molar-refractivity contribution in [2.45, 2.75) is 32.1 Å². The molecule has 1 aromatic rings. The van der Waals surface area contributed by atoms with Crippen molar-refractivity contribution in [3.63, 3.8) is 0 Å². The summed E-state index contributed by atoms with van der Waals surface area (Å²) in [6.45, 7) is 0. The van der Waals surface area contributed by atoms with Gasteiger partial charge in [-0.2, -0.15) is 0 Å². The summed E-state index contributed by atoms with van der Waals surface area (Å²) in [6.07, 6.45) is 8.32. The number of nitrogens with zero attached hydrogens (tertiary/aromatic N) is 1. The van der Waals surface area contributed by atoms with Gasteiger partial charge in [-0.15, -0.1) is 0 Å². The van der Waals surface area contributed by atoms with Crippen LogP contribution >= 0.6 is 0 Å². The molecule has 0 aliphatic heterocycles. The minimum Gasteiger partial charge on any atom is -0.508 e. The van der Waals surface area contributed by atoms with Crippen LogP contribution in [0.5, 0.6) is 5.75 Å². The van der Waals surface area contributed by atoms with Gasteiger partial charge in [0.2, 0.25) is 0 Å². The number of benzene rings is 1. The Morgan fingerprint density at radius 1 is 1.28 bits per heavy atom.